The molecule has 20 heavy (non-hydrogen) atoms. The van der Waals surface area contributed by atoms with E-state index in [-0.39, 0.29) is 11.3 Å². The molecule has 1 aliphatic carbocycles. The number of aliphatic hydroxyl groups excluding tert-OH is 1. The van der Waals surface area contributed by atoms with Crippen LogP contribution in [-0.2, 0) is 4.79 Å². The molecule has 3 nitrogen and oxygen atoms in total. The molecular weight excluding hydrogens is 252 g/mol. The van der Waals surface area contributed by atoms with Crippen molar-refractivity contribution in [3.8, 4) is 0 Å². The zero-order valence-corrected chi connectivity index (χ0v) is 12.0. The smallest absolute Gasteiger partial charge is 0.234 e. The van der Waals surface area contributed by atoms with E-state index >= 15 is 0 Å². The van der Waals surface area contributed by atoms with E-state index in [1.807, 2.05) is 0 Å². The average Bonchev–Trinajstić information content (AvgIpc) is 2.44. The molecule has 0 saturated heterocycles. The molecular formula is C17H20O3. The van der Waals surface area contributed by atoms with E-state index in [0.717, 1.165) is 19.3 Å². The summed E-state index contributed by atoms with van der Waals surface area (Å²) in [5.74, 6) is -0.445. The van der Waals surface area contributed by atoms with Crippen LogP contribution in [-0.4, -0.2) is 16.7 Å². The zero-order valence-electron chi connectivity index (χ0n) is 12.0. The first-order chi connectivity index (χ1) is 9.52. The van der Waals surface area contributed by atoms with Crippen molar-refractivity contribution in [1.29, 1.82) is 0 Å². The Kier molecular flexibility index (Phi) is 4.38. The number of aliphatic hydroxyl groups is 1. The Hall–Kier alpha value is -1.90. The molecule has 0 bridgehead atoms. The molecule has 0 aromatic heterocycles. The second-order valence-electron chi connectivity index (χ2n) is 5.67. The maximum Gasteiger partial charge on any atom is 0.234 e. The van der Waals surface area contributed by atoms with Gasteiger partial charge in [-0.15, -0.1) is 0 Å². The summed E-state index contributed by atoms with van der Waals surface area (Å²) in [4.78, 5) is 24.1. The molecule has 2 rings (SSSR count). The van der Waals surface area contributed by atoms with Crippen LogP contribution < -0.4 is 0 Å². The van der Waals surface area contributed by atoms with Gasteiger partial charge >= 0.3 is 0 Å². The Bertz CT molecular complexity index is 567. The molecule has 0 aliphatic heterocycles. The minimum atomic E-state index is -0.550. The second-order valence-corrected chi connectivity index (χ2v) is 5.67. The molecule has 1 aliphatic rings. The van der Waals surface area contributed by atoms with Crippen molar-refractivity contribution >= 4 is 17.3 Å². The number of fused-ring (bicyclic) bond motifs is 1. The summed E-state index contributed by atoms with van der Waals surface area (Å²) >= 11 is 0. The number of Topliss-reactive ketones (excluding diaryl/α,β-unsaturated/α-hetero) is 2. The van der Waals surface area contributed by atoms with E-state index < -0.39 is 11.6 Å². The maximum atomic E-state index is 12.1. The highest BCUT2D eigenvalue weighted by Crippen LogP contribution is 2.30. The molecule has 0 saturated carbocycles. The number of hydrogen-bond acceptors (Lipinski definition) is 3. The predicted octanol–water partition coefficient (Wildman–Crippen LogP) is 3.94. The minimum absolute atomic E-state index is 0.0188. The number of benzene rings is 1. The van der Waals surface area contributed by atoms with Gasteiger partial charge in [-0.25, -0.2) is 0 Å². The molecule has 0 unspecified atom stereocenters. The van der Waals surface area contributed by atoms with Crippen molar-refractivity contribution in [3.05, 3.63) is 41.0 Å². The highest BCUT2D eigenvalue weighted by atomic mass is 16.3. The van der Waals surface area contributed by atoms with E-state index in [1.165, 1.54) is 0 Å². The summed E-state index contributed by atoms with van der Waals surface area (Å²) in [6, 6.07) is 6.73. The monoisotopic (exact) mass is 272 g/mol. The van der Waals surface area contributed by atoms with Gasteiger partial charge in [0.1, 0.15) is 5.76 Å². The standard InChI is InChI=1S/C17H20O3/c1-11(2)7-3-4-10-14-15(18)12-8-5-6-9-13(12)16(19)17(14)20/h5-6,8-9,11,18H,3-4,7,10H2,1-2H3. The maximum absolute atomic E-state index is 12.1. The highest BCUT2D eigenvalue weighted by Gasteiger charge is 2.31. The van der Waals surface area contributed by atoms with Gasteiger partial charge in [0.2, 0.25) is 11.6 Å². The molecule has 3 heteroatoms. The van der Waals surface area contributed by atoms with Crippen LogP contribution in [0.4, 0.5) is 0 Å². The average molecular weight is 272 g/mol. The molecule has 1 aromatic carbocycles. The summed E-state index contributed by atoms with van der Waals surface area (Å²) in [6.45, 7) is 4.31. The van der Waals surface area contributed by atoms with E-state index in [1.54, 1.807) is 24.3 Å². The second kappa shape index (κ2) is 6.04. The van der Waals surface area contributed by atoms with Crippen molar-refractivity contribution in [2.24, 2.45) is 5.92 Å². The fourth-order valence-corrected chi connectivity index (χ4v) is 2.50. The number of unbranched alkanes of at least 4 members (excludes halogenated alkanes) is 1. The van der Waals surface area contributed by atoms with Gasteiger partial charge in [0.05, 0.1) is 0 Å². The first kappa shape index (κ1) is 14.5. The fraction of sp³-hybridized carbons (Fsp3) is 0.412. The number of hydrogen-bond donors (Lipinski definition) is 1. The Morgan fingerprint density at radius 3 is 2.30 bits per heavy atom. The van der Waals surface area contributed by atoms with Gasteiger partial charge in [-0.2, -0.15) is 0 Å². The van der Waals surface area contributed by atoms with Crippen LogP contribution in [0.25, 0.3) is 5.76 Å². The van der Waals surface area contributed by atoms with E-state index in [2.05, 4.69) is 13.8 Å². The van der Waals surface area contributed by atoms with Crippen LogP contribution in [0.15, 0.2) is 29.8 Å². The van der Waals surface area contributed by atoms with Crippen molar-refractivity contribution in [2.45, 2.75) is 39.5 Å². The van der Waals surface area contributed by atoms with Crippen molar-refractivity contribution in [1.82, 2.24) is 0 Å². The summed E-state index contributed by atoms with van der Waals surface area (Å²) in [6.07, 6.45) is 3.38. The summed E-state index contributed by atoms with van der Waals surface area (Å²) in [5.41, 5.74) is 1.06. The van der Waals surface area contributed by atoms with Gasteiger partial charge in [0.25, 0.3) is 0 Å². The van der Waals surface area contributed by atoms with Crippen LogP contribution >= 0.6 is 0 Å². The van der Waals surface area contributed by atoms with Crippen LogP contribution in [0.2, 0.25) is 0 Å². The third kappa shape index (κ3) is 2.82. The number of carbonyl (C=O) groups excluding carboxylic acids is 2. The molecule has 106 valence electrons. The topological polar surface area (TPSA) is 54.4 Å². The third-order valence-electron chi connectivity index (χ3n) is 3.65. The number of rotatable bonds is 5. The predicted molar refractivity (Wildman–Crippen MR) is 78.6 cm³/mol. The molecule has 0 radical (unpaired) electrons. The van der Waals surface area contributed by atoms with E-state index in [4.69, 9.17) is 0 Å². The Labute approximate surface area is 119 Å². The largest absolute Gasteiger partial charge is 0.507 e. The van der Waals surface area contributed by atoms with Crippen LogP contribution in [0.5, 0.6) is 0 Å². The molecule has 1 aromatic rings. The normalized spacial score (nSPS) is 14.9. The SMILES string of the molecule is CC(C)CCCCC1=C(O)c2ccccc2C(=O)C1=O. The Morgan fingerprint density at radius 1 is 1.00 bits per heavy atom. The molecule has 0 atom stereocenters. The third-order valence-corrected chi connectivity index (χ3v) is 3.65. The van der Waals surface area contributed by atoms with Crippen molar-refractivity contribution in [2.75, 3.05) is 0 Å². The molecule has 1 N–H and O–H groups in total. The zero-order chi connectivity index (χ0) is 14.7. The van der Waals surface area contributed by atoms with Crippen molar-refractivity contribution in [3.63, 3.8) is 0 Å². The summed E-state index contributed by atoms with van der Waals surface area (Å²) in [5, 5.41) is 10.2. The van der Waals surface area contributed by atoms with Crippen LogP contribution in [0.3, 0.4) is 0 Å². The van der Waals surface area contributed by atoms with Gasteiger partial charge in [-0.3, -0.25) is 9.59 Å². The molecule has 0 heterocycles. The molecule has 0 fully saturated rings. The van der Waals surface area contributed by atoms with Gasteiger partial charge in [0, 0.05) is 16.7 Å². The quantitative estimate of drug-likeness (QED) is 0.652. The van der Waals surface area contributed by atoms with E-state index in [9.17, 15) is 14.7 Å². The lowest BCUT2D eigenvalue weighted by Gasteiger charge is -2.17. The molecule has 0 spiro atoms. The summed E-state index contributed by atoms with van der Waals surface area (Å²) < 4.78 is 0. The fourth-order valence-electron chi connectivity index (χ4n) is 2.50. The Balaban J connectivity index is 2.19. The first-order valence-electron chi connectivity index (χ1n) is 7.13. The van der Waals surface area contributed by atoms with Gasteiger partial charge < -0.3 is 5.11 Å². The van der Waals surface area contributed by atoms with E-state index in [0.29, 0.717) is 23.5 Å². The Morgan fingerprint density at radius 2 is 1.65 bits per heavy atom. The first-order valence-corrected chi connectivity index (χ1v) is 7.13. The minimum Gasteiger partial charge on any atom is -0.507 e. The van der Waals surface area contributed by atoms with Crippen LogP contribution in [0, 0.1) is 5.92 Å². The van der Waals surface area contributed by atoms with Crippen LogP contribution in [0.1, 0.15) is 55.5 Å². The van der Waals surface area contributed by atoms with Gasteiger partial charge in [0.15, 0.2) is 0 Å². The lowest BCUT2D eigenvalue weighted by molar-refractivity contribution is -0.112. The van der Waals surface area contributed by atoms with Crippen molar-refractivity contribution < 1.29 is 14.7 Å². The van der Waals surface area contributed by atoms with Gasteiger partial charge in [-0.05, 0) is 18.8 Å². The number of ketones is 2. The van der Waals surface area contributed by atoms with Gasteiger partial charge in [-0.1, -0.05) is 51.0 Å². The lowest BCUT2D eigenvalue weighted by Crippen LogP contribution is -2.24. The summed E-state index contributed by atoms with van der Waals surface area (Å²) in [7, 11) is 0. The lowest BCUT2D eigenvalue weighted by atomic mass is 9.86. The highest BCUT2D eigenvalue weighted by molar-refractivity contribution is 6.52. The number of allylic oxidation sites excluding steroid dienone is 1. The molecule has 0 amide bonds. The number of carbonyl (C=O) groups is 2.